The van der Waals surface area contributed by atoms with E-state index in [0.29, 0.717) is 58.2 Å². The molecule has 6 heterocycles. The first-order chi connectivity index (χ1) is 54.5. The number of hydrogen-bond acceptors (Lipinski definition) is 13. The van der Waals surface area contributed by atoms with E-state index in [9.17, 15) is 0 Å². The Labute approximate surface area is 641 Å². The lowest BCUT2D eigenvalue weighted by Gasteiger charge is -2.15. The second-order valence-electron chi connectivity index (χ2n) is 26.8. The lowest BCUT2D eigenvalue weighted by Crippen LogP contribution is -2.01. The van der Waals surface area contributed by atoms with Crippen molar-refractivity contribution >= 4 is 63.0 Å². The molecule has 0 saturated carbocycles. The van der Waals surface area contributed by atoms with Crippen molar-refractivity contribution < 1.29 is 0 Å². The van der Waals surface area contributed by atoms with Crippen LogP contribution in [0.5, 0.6) is 0 Å². The number of benzene rings is 14. The Bertz CT molecular complexity index is 6700. The Kier molecular flexibility index (Phi) is 16.7. The minimum Gasteiger partial charge on any atom is -0.228 e. The van der Waals surface area contributed by atoms with Gasteiger partial charge in [0.15, 0.2) is 58.2 Å². The molecular formula is C97H59N11S2. The monoisotopic (exact) mass is 1440 g/mol. The molecule has 514 valence electrons. The highest BCUT2D eigenvalue weighted by molar-refractivity contribution is 7.26. The Morgan fingerprint density at radius 1 is 0.155 bits per heavy atom. The van der Waals surface area contributed by atoms with E-state index in [0.717, 1.165) is 142 Å². The summed E-state index contributed by atoms with van der Waals surface area (Å²) in [6.45, 7) is 0. The maximum Gasteiger partial charge on any atom is 0.166 e. The van der Waals surface area contributed by atoms with Gasteiger partial charge in [-0.2, -0.15) is 0 Å². The van der Waals surface area contributed by atoms with Crippen LogP contribution >= 0.6 is 22.7 Å². The van der Waals surface area contributed by atoms with E-state index in [4.69, 9.17) is 54.8 Å². The molecule has 0 atom stereocenters. The maximum absolute atomic E-state index is 5.45. The van der Waals surface area contributed by atoms with Crippen LogP contribution in [0.25, 0.3) is 210 Å². The van der Waals surface area contributed by atoms with Crippen LogP contribution in [-0.4, -0.2) is 54.8 Å². The summed E-state index contributed by atoms with van der Waals surface area (Å²) in [7, 11) is 0. The molecule has 0 unspecified atom stereocenters. The van der Waals surface area contributed by atoms with Crippen molar-refractivity contribution in [3.8, 4) is 170 Å². The quantitative estimate of drug-likeness (QED) is 0.0968. The van der Waals surface area contributed by atoms with Gasteiger partial charge in [-0.25, -0.2) is 54.8 Å². The number of aromatic nitrogens is 11. The highest BCUT2D eigenvalue weighted by Crippen LogP contribution is 2.49. The normalized spacial score (nSPS) is 11.5. The van der Waals surface area contributed by atoms with E-state index in [1.54, 1.807) is 22.7 Å². The molecule has 14 aromatic carbocycles. The first-order valence-corrected chi connectivity index (χ1v) is 37.9. The van der Waals surface area contributed by atoms with E-state index in [2.05, 4.69) is 206 Å². The molecule has 0 fully saturated rings. The summed E-state index contributed by atoms with van der Waals surface area (Å²) in [6, 6.07) is 123. The molecule has 20 aromatic rings. The molecule has 0 amide bonds. The number of nitrogens with zero attached hydrogens (tertiary/aromatic N) is 11. The molecule has 11 nitrogen and oxygen atoms in total. The molecule has 0 spiro atoms. The molecule has 20 rings (SSSR count). The topological polar surface area (TPSA) is 142 Å². The highest BCUT2D eigenvalue weighted by atomic mass is 32.1. The molecule has 0 saturated heterocycles. The number of fused-ring (bicyclic) bond motifs is 6. The molecule has 0 bridgehead atoms. The van der Waals surface area contributed by atoms with Crippen LogP contribution in [0.2, 0.25) is 0 Å². The molecule has 110 heavy (non-hydrogen) atoms. The van der Waals surface area contributed by atoms with E-state index in [1.165, 1.54) is 10.1 Å². The zero-order valence-corrected chi connectivity index (χ0v) is 60.4. The summed E-state index contributed by atoms with van der Waals surface area (Å²) < 4.78 is 4.43. The summed E-state index contributed by atoms with van der Waals surface area (Å²) in [4.78, 5) is 58.0. The van der Waals surface area contributed by atoms with Crippen molar-refractivity contribution in [2.75, 3.05) is 0 Å². The van der Waals surface area contributed by atoms with E-state index in [1.807, 2.05) is 152 Å². The third-order valence-electron chi connectivity index (χ3n) is 19.9. The van der Waals surface area contributed by atoms with Gasteiger partial charge >= 0.3 is 0 Å². The molecule has 0 aliphatic carbocycles. The van der Waals surface area contributed by atoms with Gasteiger partial charge in [-0.3, -0.25) is 0 Å². The Morgan fingerprint density at radius 2 is 0.464 bits per heavy atom. The number of rotatable bonds is 15. The van der Waals surface area contributed by atoms with Gasteiger partial charge in [-0.15, -0.1) is 22.7 Å². The standard InChI is InChI=1S/C97H59N11S2/c1-8-27-62(28-9-1)88-98-80(61-49-47-60(48-50-61)73-53-55-78-76-45-24-25-46-82(76)109-86(78)84(73)96-105-91(65-33-14-4-15-34-65)101-92(106-96)66-35-16-5-17-36-66)59-81(99-88)75-44-23-22-43-72(75)70-51-52-77-79-56-54-74(69-41-26-42-71(57-69)95-103-89(63-29-10-2-11-30-63)100-90(104-95)64-31-12-3-13-32-64)85(87(79)110-83(77)58-70)97-107-93(67-37-18-6-19-38-67)102-94(108-97)68-39-20-7-21-40-68/h1-59H. The van der Waals surface area contributed by atoms with Crippen LogP contribution in [0.3, 0.4) is 0 Å². The third-order valence-corrected chi connectivity index (χ3v) is 22.3. The smallest absolute Gasteiger partial charge is 0.166 e. The maximum atomic E-state index is 5.45. The summed E-state index contributed by atoms with van der Waals surface area (Å²) >= 11 is 3.50. The van der Waals surface area contributed by atoms with Gasteiger partial charge < -0.3 is 0 Å². The number of thiophene rings is 2. The van der Waals surface area contributed by atoms with Gasteiger partial charge in [0, 0.05) is 107 Å². The molecule has 6 aromatic heterocycles. The van der Waals surface area contributed by atoms with Crippen molar-refractivity contribution in [1.82, 2.24) is 54.8 Å². The van der Waals surface area contributed by atoms with Crippen LogP contribution in [0.4, 0.5) is 0 Å². The number of hydrogen-bond donors (Lipinski definition) is 0. The molecule has 0 aliphatic heterocycles. The van der Waals surface area contributed by atoms with Gasteiger partial charge in [-0.05, 0) is 57.6 Å². The van der Waals surface area contributed by atoms with Gasteiger partial charge in [0.25, 0.3) is 0 Å². The first kappa shape index (κ1) is 65.2. The average Bonchev–Trinajstić information content (AvgIpc) is 1.53. The summed E-state index contributed by atoms with van der Waals surface area (Å²) in [5, 5.41) is 4.53. The summed E-state index contributed by atoms with van der Waals surface area (Å²) in [5.41, 5.74) is 18.4. The second-order valence-corrected chi connectivity index (χ2v) is 28.9. The zero-order valence-electron chi connectivity index (χ0n) is 58.8. The largest absolute Gasteiger partial charge is 0.228 e. The van der Waals surface area contributed by atoms with Gasteiger partial charge in [-0.1, -0.05) is 334 Å². The van der Waals surface area contributed by atoms with E-state index in [-0.39, 0.29) is 0 Å². The van der Waals surface area contributed by atoms with Gasteiger partial charge in [0.2, 0.25) is 0 Å². The molecule has 0 aliphatic rings. The fraction of sp³-hybridized carbons (Fsp3) is 0. The molecular weight excluding hydrogens is 1380 g/mol. The van der Waals surface area contributed by atoms with Crippen LogP contribution in [0.15, 0.2) is 358 Å². The SMILES string of the molecule is c1ccc(-c2nc(-c3ccc(-c4ccc5c(sc6ccccc65)c4-c4nc(-c5ccccc5)nc(-c5ccccc5)n4)cc3)cc(-c3ccccc3-c3ccc4c(c3)sc3c(-c5nc(-c6ccccc6)nc(-c6ccccc6)n5)c(-c5cccc(-c6nc(-c7ccccc7)nc(-c7ccccc7)n6)c5)ccc34)n2)cc1. The van der Waals surface area contributed by atoms with E-state index >= 15 is 0 Å². The minimum absolute atomic E-state index is 0.551. The highest BCUT2D eigenvalue weighted by Gasteiger charge is 2.26. The summed E-state index contributed by atoms with van der Waals surface area (Å²) in [5.74, 6) is 5.86. The first-order valence-electron chi connectivity index (χ1n) is 36.3. The fourth-order valence-corrected chi connectivity index (χ4v) is 17.1. The predicted molar refractivity (Wildman–Crippen MR) is 450 cm³/mol. The lowest BCUT2D eigenvalue weighted by atomic mass is 9.94. The fourth-order valence-electron chi connectivity index (χ4n) is 14.6. The second kappa shape index (κ2) is 28.2. The van der Waals surface area contributed by atoms with Crippen molar-refractivity contribution in [3.05, 3.63) is 358 Å². The predicted octanol–water partition coefficient (Wildman–Crippen LogP) is 24.8. The third kappa shape index (κ3) is 12.4. The Morgan fingerprint density at radius 3 is 0.927 bits per heavy atom. The van der Waals surface area contributed by atoms with Crippen LogP contribution in [0.1, 0.15) is 0 Å². The van der Waals surface area contributed by atoms with Crippen LogP contribution < -0.4 is 0 Å². The van der Waals surface area contributed by atoms with Gasteiger partial charge in [0.05, 0.1) is 11.4 Å². The van der Waals surface area contributed by atoms with Crippen LogP contribution in [0, 0.1) is 0 Å². The van der Waals surface area contributed by atoms with Crippen molar-refractivity contribution in [2.24, 2.45) is 0 Å². The van der Waals surface area contributed by atoms with Crippen molar-refractivity contribution in [2.45, 2.75) is 0 Å². The van der Waals surface area contributed by atoms with E-state index < -0.39 is 0 Å². The average molecular weight is 1440 g/mol. The Balaban J connectivity index is 0.719. The van der Waals surface area contributed by atoms with Crippen LogP contribution in [-0.2, 0) is 0 Å². The molecule has 0 N–H and O–H groups in total. The van der Waals surface area contributed by atoms with Crippen molar-refractivity contribution in [1.29, 1.82) is 0 Å². The molecule has 13 heteroatoms. The lowest BCUT2D eigenvalue weighted by molar-refractivity contribution is 1.07. The minimum atomic E-state index is 0.551. The Hall–Kier alpha value is -14.4. The zero-order chi connectivity index (χ0) is 72.9. The van der Waals surface area contributed by atoms with Gasteiger partial charge in [0.1, 0.15) is 0 Å². The molecule has 0 radical (unpaired) electrons. The van der Waals surface area contributed by atoms with Crippen molar-refractivity contribution in [3.63, 3.8) is 0 Å². The summed E-state index contributed by atoms with van der Waals surface area (Å²) in [6.07, 6.45) is 0.